The fourth-order valence-electron chi connectivity index (χ4n) is 5.51. The van der Waals surface area contributed by atoms with Gasteiger partial charge in [-0.1, -0.05) is 122 Å². The van der Waals surface area contributed by atoms with E-state index in [4.69, 9.17) is 9.98 Å². The Bertz CT molecular complexity index is 1820. The zero-order chi connectivity index (χ0) is 25.7. The van der Waals surface area contributed by atoms with E-state index in [1.54, 1.807) is 0 Å². The van der Waals surface area contributed by atoms with Gasteiger partial charge in [0.1, 0.15) is 5.82 Å². The number of fused-ring (bicyclic) bond motifs is 2. The molecule has 0 saturated carbocycles. The summed E-state index contributed by atoms with van der Waals surface area (Å²) in [6.45, 7) is 4.73. The molecule has 3 nitrogen and oxygen atoms in total. The maximum absolute atomic E-state index is 5.36. The highest BCUT2D eigenvalue weighted by Gasteiger charge is 2.43. The van der Waals surface area contributed by atoms with E-state index >= 15 is 0 Å². The first kappa shape index (κ1) is 22.6. The molecule has 0 radical (unpaired) electrons. The van der Waals surface area contributed by atoms with Crippen LogP contribution in [-0.4, -0.2) is 23.0 Å². The second-order valence-corrected chi connectivity index (χ2v) is 14.6. The number of nitrogens with zero attached hydrogens (tertiary/aromatic N) is 3. The molecule has 7 rings (SSSR count). The molecule has 0 saturated heterocycles. The largest absolute Gasteiger partial charge is 0.277 e. The summed E-state index contributed by atoms with van der Waals surface area (Å²) in [6.07, 6.45) is 0. The van der Waals surface area contributed by atoms with Gasteiger partial charge in [0, 0.05) is 16.6 Å². The van der Waals surface area contributed by atoms with Gasteiger partial charge in [-0.05, 0) is 45.7 Å². The van der Waals surface area contributed by atoms with Gasteiger partial charge in [-0.25, -0.2) is 9.98 Å². The molecule has 38 heavy (non-hydrogen) atoms. The Morgan fingerprint density at radius 1 is 0.553 bits per heavy atom. The number of hydrogen-bond donors (Lipinski definition) is 0. The lowest BCUT2D eigenvalue weighted by Crippen LogP contribution is -2.47. The van der Waals surface area contributed by atoms with Crippen LogP contribution in [-0.2, 0) is 0 Å². The summed E-state index contributed by atoms with van der Waals surface area (Å²) in [7, 11) is -2.11. The predicted molar refractivity (Wildman–Crippen MR) is 162 cm³/mol. The first-order valence-electron chi connectivity index (χ1n) is 13.0. The summed E-state index contributed by atoms with van der Waals surface area (Å²) in [6, 6.07) is 45.0. The molecule has 1 aliphatic rings. The molecule has 2 heterocycles. The third-order valence-electron chi connectivity index (χ3n) is 7.54. The van der Waals surface area contributed by atoms with Gasteiger partial charge in [0.15, 0.2) is 13.9 Å². The maximum Gasteiger partial charge on any atom is 0.164 e. The van der Waals surface area contributed by atoms with E-state index in [1.165, 1.54) is 32.8 Å². The molecule has 5 aromatic carbocycles. The van der Waals surface area contributed by atoms with Gasteiger partial charge in [-0.2, -0.15) is 0 Å². The van der Waals surface area contributed by atoms with Crippen LogP contribution in [0.5, 0.6) is 0 Å². The number of imidazole rings is 1. The molecule has 0 aliphatic carbocycles. The highest BCUT2D eigenvalue weighted by molar-refractivity contribution is 7.17. The predicted octanol–water partition coefficient (Wildman–Crippen LogP) is 7.95. The van der Waals surface area contributed by atoms with E-state index in [9.17, 15) is 0 Å². The summed E-state index contributed by atoms with van der Waals surface area (Å²) < 4.78 is 2.26. The first-order valence-corrected chi connectivity index (χ1v) is 16.0. The van der Waals surface area contributed by atoms with Crippen LogP contribution >= 0.6 is 0 Å². The summed E-state index contributed by atoms with van der Waals surface area (Å²) in [4.78, 5) is 10.7. The Labute approximate surface area is 223 Å². The molecule has 1 aliphatic heterocycles. The minimum Gasteiger partial charge on any atom is -0.277 e. The Morgan fingerprint density at radius 2 is 1.13 bits per heavy atom. The average molecular weight is 506 g/mol. The fourth-order valence-corrected chi connectivity index (χ4v) is 8.12. The Morgan fingerprint density at radius 3 is 1.84 bits per heavy atom. The molecule has 1 aromatic heterocycles. The first-order chi connectivity index (χ1) is 18.6. The second-order valence-electron chi connectivity index (χ2n) is 10.4. The molecule has 0 amide bonds. The van der Waals surface area contributed by atoms with Crippen molar-refractivity contribution in [3.05, 3.63) is 133 Å². The van der Waals surface area contributed by atoms with Gasteiger partial charge in [0.25, 0.3) is 0 Å². The van der Waals surface area contributed by atoms with E-state index in [1.807, 2.05) is 0 Å². The van der Waals surface area contributed by atoms with Gasteiger partial charge in [-0.15, -0.1) is 0 Å². The number of hydrogen-bond acceptors (Lipinski definition) is 2. The van der Waals surface area contributed by atoms with Gasteiger partial charge < -0.3 is 0 Å². The quantitative estimate of drug-likeness (QED) is 0.224. The highest BCUT2D eigenvalue weighted by Crippen LogP contribution is 2.36. The average Bonchev–Trinajstić information content (AvgIpc) is 3.48. The van der Waals surface area contributed by atoms with Crippen molar-refractivity contribution in [2.24, 2.45) is 4.99 Å². The van der Waals surface area contributed by atoms with Crippen molar-refractivity contribution in [3.8, 4) is 28.2 Å². The van der Waals surface area contributed by atoms with Crippen molar-refractivity contribution in [1.29, 1.82) is 0 Å². The maximum atomic E-state index is 5.36. The molecular formula is C34H27N3Si. The van der Waals surface area contributed by atoms with Crippen molar-refractivity contribution in [1.82, 2.24) is 9.55 Å². The van der Waals surface area contributed by atoms with Crippen LogP contribution in [0.25, 0.3) is 39.0 Å². The van der Waals surface area contributed by atoms with Crippen LogP contribution < -0.4 is 5.32 Å². The van der Waals surface area contributed by atoms with E-state index in [0.29, 0.717) is 0 Å². The summed E-state index contributed by atoms with van der Waals surface area (Å²) in [5.74, 6) is 1.92. The molecule has 0 fully saturated rings. The second kappa shape index (κ2) is 8.79. The van der Waals surface area contributed by atoms with E-state index in [0.717, 1.165) is 28.2 Å². The Kier molecular flexibility index (Phi) is 5.23. The molecule has 0 atom stereocenters. The van der Waals surface area contributed by atoms with Gasteiger partial charge in [0.2, 0.25) is 0 Å². The summed E-state index contributed by atoms with van der Waals surface area (Å²) in [5.41, 5.74) is 5.78. The molecule has 0 bridgehead atoms. The fraction of sp³-hybridized carbons (Fsp3) is 0.0588. The van der Waals surface area contributed by atoms with Crippen molar-refractivity contribution in [2.75, 3.05) is 0 Å². The minimum atomic E-state index is -2.11. The number of aromatic nitrogens is 2. The van der Waals surface area contributed by atoms with Crippen LogP contribution in [0, 0.1) is 0 Å². The van der Waals surface area contributed by atoms with Crippen molar-refractivity contribution < 1.29 is 0 Å². The van der Waals surface area contributed by atoms with Crippen LogP contribution in [0.2, 0.25) is 13.1 Å². The lowest BCUT2D eigenvalue weighted by molar-refractivity contribution is 1.06. The van der Waals surface area contributed by atoms with Crippen LogP contribution in [0.15, 0.2) is 132 Å². The number of rotatable bonds is 4. The van der Waals surface area contributed by atoms with Crippen molar-refractivity contribution in [2.45, 2.75) is 13.1 Å². The standard InChI is InChI=1S/C34H27N3Si/c1-38(2)33(27-14-7-4-8-15-27)36-32-34(38)35-31(29-18-17-25-13-9-10-16-28(25)23-29)37(32)30-21-19-26(20-22-30)24-11-5-3-6-12-24/h3-23H,1-2H3. The minimum absolute atomic E-state index is 0.949. The van der Waals surface area contributed by atoms with E-state index < -0.39 is 8.07 Å². The SMILES string of the molecule is C[Si]1(C)C(c2ccccc2)=Nc2c1nc(-c1ccc3ccccc3c1)n2-c1ccc(-c2ccccc2)cc1. The molecule has 4 heteroatoms. The Balaban J connectivity index is 1.44. The normalized spacial score (nSPS) is 13.9. The lowest BCUT2D eigenvalue weighted by atomic mass is 10.1. The smallest absolute Gasteiger partial charge is 0.164 e. The van der Waals surface area contributed by atoms with Crippen LogP contribution in [0.3, 0.4) is 0 Å². The van der Waals surface area contributed by atoms with Gasteiger partial charge in [0.05, 0.1) is 5.32 Å². The lowest BCUT2D eigenvalue weighted by Gasteiger charge is -2.17. The number of aliphatic imine (C=N–C) groups is 1. The summed E-state index contributed by atoms with van der Waals surface area (Å²) >= 11 is 0. The van der Waals surface area contributed by atoms with Crippen LogP contribution in [0.1, 0.15) is 5.56 Å². The summed E-state index contributed by atoms with van der Waals surface area (Å²) in [5, 5.41) is 4.78. The molecule has 0 N–H and O–H groups in total. The van der Waals surface area contributed by atoms with Gasteiger partial charge in [-0.3, -0.25) is 4.57 Å². The monoisotopic (exact) mass is 505 g/mol. The van der Waals surface area contributed by atoms with E-state index in [2.05, 4.69) is 145 Å². The zero-order valence-corrected chi connectivity index (χ0v) is 22.5. The molecule has 0 spiro atoms. The number of benzene rings is 5. The molecule has 0 unspecified atom stereocenters. The topological polar surface area (TPSA) is 30.2 Å². The van der Waals surface area contributed by atoms with Crippen molar-refractivity contribution >= 4 is 35.3 Å². The zero-order valence-electron chi connectivity index (χ0n) is 21.5. The van der Waals surface area contributed by atoms with Crippen molar-refractivity contribution in [3.63, 3.8) is 0 Å². The molecule has 182 valence electrons. The Hall–Kier alpha value is -4.54. The van der Waals surface area contributed by atoms with Gasteiger partial charge >= 0.3 is 0 Å². The third-order valence-corrected chi connectivity index (χ3v) is 10.6. The van der Waals surface area contributed by atoms with Crippen LogP contribution in [0.4, 0.5) is 5.82 Å². The van der Waals surface area contributed by atoms with E-state index in [-0.39, 0.29) is 0 Å². The highest BCUT2D eigenvalue weighted by atomic mass is 28.3. The third kappa shape index (κ3) is 3.65. The molecule has 6 aromatic rings. The molecular weight excluding hydrogens is 478 g/mol.